The number of esters is 1. The van der Waals surface area contributed by atoms with Crippen LogP contribution in [0.15, 0.2) is 72.8 Å². The molecule has 6 nitrogen and oxygen atoms in total. The predicted molar refractivity (Wildman–Crippen MR) is 120 cm³/mol. The maximum atomic E-state index is 13.1. The number of amides is 2. The van der Waals surface area contributed by atoms with Crippen molar-refractivity contribution in [3.8, 4) is 0 Å². The summed E-state index contributed by atoms with van der Waals surface area (Å²) in [5.41, 5.74) is 3.99. The van der Waals surface area contributed by atoms with E-state index in [1.165, 1.54) is 19.1 Å². The first kappa shape index (κ1) is 21.8. The molecule has 0 spiro atoms. The molecule has 0 aliphatic heterocycles. The second-order valence-corrected chi connectivity index (χ2v) is 7.26. The van der Waals surface area contributed by atoms with Crippen LogP contribution in [0.3, 0.4) is 0 Å². The van der Waals surface area contributed by atoms with E-state index in [9.17, 15) is 14.4 Å². The minimum Gasteiger partial charge on any atom is -0.444 e. The molecule has 2 N–H and O–H groups in total. The van der Waals surface area contributed by atoms with E-state index in [1.807, 2.05) is 38.1 Å². The van der Waals surface area contributed by atoms with Gasteiger partial charge in [-0.2, -0.15) is 0 Å². The molecule has 2 amide bonds. The third-order valence-electron chi connectivity index (χ3n) is 4.66. The van der Waals surface area contributed by atoms with Crippen molar-refractivity contribution in [2.75, 3.05) is 10.6 Å². The molecule has 0 radical (unpaired) electrons. The molecule has 3 aromatic rings. The number of ether oxygens (including phenoxy) is 1. The quantitative estimate of drug-likeness (QED) is 0.566. The van der Waals surface area contributed by atoms with E-state index in [2.05, 4.69) is 10.6 Å². The molecule has 0 fully saturated rings. The molecule has 0 aromatic heterocycles. The predicted octanol–water partition coefficient (Wildman–Crippen LogP) is 4.80. The third kappa shape index (κ3) is 5.79. The summed E-state index contributed by atoms with van der Waals surface area (Å²) in [7, 11) is 0. The van der Waals surface area contributed by atoms with Gasteiger partial charge < -0.3 is 15.4 Å². The maximum absolute atomic E-state index is 13.1. The van der Waals surface area contributed by atoms with Crippen molar-refractivity contribution in [3.05, 3.63) is 95.1 Å². The molecule has 0 heterocycles. The average Bonchev–Trinajstić information content (AvgIpc) is 2.75. The first-order valence-corrected chi connectivity index (χ1v) is 9.85. The van der Waals surface area contributed by atoms with Crippen LogP contribution in [0.25, 0.3) is 0 Å². The van der Waals surface area contributed by atoms with Crippen molar-refractivity contribution in [1.29, 1.82) is 0 Å². The Kier molecular flexibility index (Phi) is 6.82. The smallest absolute Gasteiger partial charge is 0.339 e. The van der Waals surface area contributed by atoms with Crippen LogP contribution in [0.4, 0.5) is 11.4 Å². The summed E-state index contributed by atoms with van der Waals surface area (Å²) in [6.07, 6.45) is -1.12. The molecule has 0 aliphatic rings. The second kappa shape index (κ2) is 9.71. The van der Waals surface area contributed by atoms with E-state index in [0.29, 0.717) is 16.9 Å². The molecule has 0 aliphatic carbocycles. The summed E-state index contributed by atoms with van der Waals surface area (Å²) < 4.78 is 5.61. The summed E-state index contributed by atoms with van der Waals surface area (Å²) in [6.45, 7) is 5.24. The van der Waals surface area contributed by atoms with E-state index in [4.69, 9.17) is 4.74 Å². The maximum Gasteiger partial charge on any atom is 0.339 e. The Morgan fingerprint density at radius 3 is 2.16 bits per heavy atom. The number of aryl methyl sites for hydroxylation is 2. The fraction of sp³-hybridized carbons (Fsp3) is 0.160. The van der Waals surface area contributed by atoms with Crippen molar-refractivity contribution < 1.29 is 19.1 Å². The molecular weight excluding hydrogens is 392 g/mol. The fourth-order valence-electron chi connectivity index (χ4n) is 3.04. The highest BCUT2D eigenvalue weighted by atomic mass is 16.5. The highest BCUT2D eigenvalue weighted by Gasteiger charge is 2.26. The number of rotatable bonds is 6. The van der Waals surface area contributed by atoms with Crippen molar-refractivity contribution in [3.63, 3.8) is 0 Å². The number of hydrogen-bond donors (Lipinski definition) is 2. The van der Waals surface area contributed by atoms with Crippen LogP contribution < -0.4 is 10.6 Å². The van der Waals surface area contributed by atoms with Gasteiger partial charge in [0.2, 0.25) is 12.0 Å². The van der Waals surface area contributed by atoms with E-state index in [0.717, 1.165) is 11.1 Å². The Labute approximate surface area is 181 Å². The van der Waals surface area contributed by atoms with E-state index in [-0.39, 0.29) is 11.5 Å². The highest BCUT2D eigenvalue weighted by Crippen LogP contribution is 2.24. The minimum absolute atomic E-state index is 0.206. The monoisotopic (exact) mass is 416 g/mol. The lowest BCUT2D eigenvalue weighted by molar-refractivity contribution is -0.125. The number of benzene rings is 3. The van der Waals surface area contributed by atoms with Gasteiger partial charge in [0.1, 0.15) is 0 Å². The molecular formula is C25H24N2O4. The molecule has 0 bridgehead atoms. The van der Waals surface area contributed by atoms with Crippen LogP contribution in [-0.4, -0.2) is 17.8 Å². The molecule has 3 aromatic carbocycles. The Balaban J connectivity index is 1.82. The Morgan fingerprint density at radius 1 is 0.839 bits per heavy atom. The zero-order valence-electron chi connectivity index (χ0n) is 17.6. The summed E-state index contributed by atoms with van der Waals surface area (Å²) in [5, 5.41) is 5.51. The molecule has 158 valence electrons. The number of hydrogen-bond acceptors (Lipinski definition) is 4. The molecule has 31 heavy (non-hydrogen) atoms. The third-order valence-corrected chi connectivity index (χ3v) is 4.66. The molecule has 0 saturated heterocycles. The van der Waals surface area contributed by atoms with Gasteiger partial charge in [-0.1, -0.05) is 42.5 Å². The van der Waals surface area contributed by atoms with Gasteiger partial charge in [0.15, 0.2) is 0 Å². The number of carbonyl (C=O) groups excluding carboxylic acids is 3. The van der Waals surface area contributed by atoms with Crippen molar-refractivity contribution in [1.82, 2.24) is 0 Å². The Bertz CT molecular complexity index is 1090. The zero-order chi connectivity index (χ0) is 22.4. The van der Waals surface area contributed by atoms with Crippen LogP contribution in [0.1, 0.15) is 40.1 Å². The van der Waals surface area contributed by atoms with Gasteiger partial charge in [-0.25, -0.2) is 4.79 Å². The summed E-state index contributed by atoms with van der Waals surface area (Å²) in [5.74, 6) is -1.29. The minimum atomic E-state index is -1.12. The lowest BCUT2D eigenvalue weighted by atomic mass is 10.1. The van der Waals surface area contributed by atoms with Crippen LogP contribution in [-0.2, 0) is 14.3 Å². The van der Waals surface area contributed by atoms with E-state index >= 15 is 0 Å². The van der Waals surface area contributed by atoms with Gasteiger partial charge in [0.25, 0.3) is 5.91 Å². The zero-order valence-corrected chi connectivity index (χ0v) is 17.6. The molecule has 1 atom stereocenters. The summed E-state index contributed by atoms with van der Waals surface area (Å²) in [4.78, 5) is 37.0. The second-order valence-electron chi connectivity index (χ2n) is 7.26. The lowest BCUT2D eigenvalue weighted by Gasteiger charge is -2.19. The molecule has 0 unspecified atom stereocenters. The number of anilines is 2. The lowest BCUT2D eigenvalue weighted by Crippen LogP contribution is -2.26. The SMILES string of the molecule is CC(=O)Nc1ccc(C(=O)O[C@H](C(=O)Nc2cc(C)ccc2C)c2ccccc2)cc1. The van der Waals surface area contributed by atoms with Crippen molar-refractivity contribution >= 4 is 29.2 Å². The Morgan fingerprint density at radius 2 is 1.52 bits per heavy atom. The first-order valence-electron chi connectivity index (χ1n) is 9.85. The molecule has 0 saturated carbocycles. The molecule has 3 rings (SSSR count). The summed E-state index contributed by atoms with van der Waals surface area (Å²) >= 11 is 0. The first-order chi connectivity index (χ1) is 14.8. The standard InChI is InChI=1S/C25H24N2O4/c1-16-9-10-17(2)22(15-16)27-24(29)23(19-7-5-4-6-8-19)31-25(30)20-11-13-21(14-12-20)26-18(3)28/h4-15,23H,1-3H3,(H,26,28)(H,27,29)/t23-/m0/s1. The van der Waals surface area contributed by atoms with Gasteiger partial charge in [-0.05, 0) is 55.3 Å². The van der Waals surface area contributed by atoms with Crippen LogP contribution in [0, 0.1) is 13.8 Å². The van der Waals surface area contributed by atoms with Crippen LogP contribution >= 0.6 is 0 Å². The summed E-state index contributed by atoms with van der Waals surface area (Å²) in [6, 6.07) is 20.9. The fourth-order valence-corrected chi connectivity index (χ4v) is 3.04. The number of nitrogens with one attached hydrogen (secondary N) is 2. The van der Waals surface area contributed by atoms with Crippen LogP contribution in [0.5, 0.6) is 0 Å². The number of carbonyl (C=O) groups is 3. The van der Waals surface area contributed by atoms with E-state index in [1.54, 1.807) is 36.4 Å². The van der Waals surface area contributed by atoms with Gasteiger partial charge in [-0.3, -0.25) is 9.59 Å². The van der Waals surface area contributed by atoms with Crippen molar-refractivity contribution in [2.45, 2.75) is 26.9 Å². The normalized spacial score (nSPS) is 11.3. The van der Waals surface area contributed by atoms with Gasteiger partial charge in [-0.15, -0.1) is 0 Å². The largest absolute Gasteiger partial charge is 0.444 e. The highest BCUT2D eigenvalue weighted by molar-refractivity contribution is 5.99. The Hall–Kier alpha value is -3.93. The van der Waals surface area contributed by atoms with E-state index < -0.39 is 18.0 Å². The average molecular weight is 416 g/mol. The topological polar surface area (TPSA) is 84.5 Å². The van der Waals surface area contributed by atoms with Gasteiger partial charge in [0, 0.05) is 23.9 Å². The van der Waals surface area contributed by atoms with Gasteiger partial charge >= 0.3 is 5.97 Å². The van der Waals surface area contributed by atoms with Crippen molar-refractivity contribution in [2.24, 2.45) is 0 Å². The molecule has 6 heteroatoms. The van der Waals surface area contributed by atoms with Crippen LogP contribution in [0.2, 0.25) is 0 Å². The van der Waals surface area contributed by atoms with Gasteiger partial charge in [0.05, 0.1) is 5.56 Å².